The normalized spacial score (nSPS) is 19.3. The number of nitrogens with zero attached hydrogens (tertiary/aromatic N) is 1. The molecule has 108 valence electrons. The highest BCUT2D eigenvalue weighted by Gasteiger charge is 2.35. The molecule has 1 atom stereocenters. The van der Waals surface area contributed by atoms with Crippen molar-refractivity contribution in [2.24, 2.45) is 0 Å². The summed E-state index contributed by atoms with van der Waals surface area (Å²) in [5.41, 5.74) is 4.48. The van der Waals surface area contributed by atoms with Crippen LogP contribution in [0.4, 0.5) is 11.4 Å². The van der Waals surface area contributed by atoms with Gasteiger partial charge in [0.1, 0.15) is 11.9 Å². The SMILES string of the molecule is Oc1cc(Cl)c(Cl)cc1C1Nc2cccc3c2N1CCC3. The zero-order valence-corrected chi connectivity index (χ0v) is 12.7. The molecular weight excluding hydrogens is 307 g/mol. The second kappa shape index (κ2) is 4.72. The monoisotopic (exact) mass is 320 g/mol. The molecule has 0 fully saturated rings. The van der Waals surface area contributed by atoms with Crippen LogP contribution < -0.4 is 10.2 Å². The van der Waals surface area contributed by atoms with Crippen molar-refractivity contribution in [3.63, 3.8) is 0 Å². The number of para-hydroxylation sites is 1. The standard InChI is InChI=1S/C16H14Cl2N2O/c17-11-7-10(14(21)8-12(11)18)16-19-13-5-1-3-9-4-2-6-20(16)15(9)13/h1,3,5,7-8,16,19,21H,2,4,6H2. The second-order valence-electron chi connectivity index (χ2n) is 5.48. The maximum absolute atomic E-state index is 10.2. The first-order valence-electron chi connectivity index (χ1n) is 6.98. The number of phenolic OH excluding ortho intramolecular Hbond substituents is 1. The first-order valence-corrected chi connectivity index (χ1v) is 7.74. The molecule has 2 N–H and O–H groups in total. The maximum atomic E-state index is 10.2. The van der Waals surface area contributed by atoms with Crippen molar-refractivity contribution in [3.8, 4) is 5.75 Å². The van der Waals surface area contributed by atoms with Crippen molar-refractivity contribution >= 4 is 34.6 Å². The summed E-state index contributed by atoms with van der Waals surface area (Å²) >= 11 is 12.1. The van der Waals surface area contributed by atoms with Crippen molar-refractivity contribution in [1.29, 1.82) is 0 Å². The Morgan fingerprint density at radius 2 is 2.00 bits per heavy atom. The molecule has 0 bridgehead atoms. The number of aryl methyl sites for hydroxylation is 1. The second-order valence-corrected chi connectivity index (χ2v) is 6.30. The predicted octanol–water partition coefficient (Wildman–Crippen LogP) is 4.58. The van der Waals surface area contributed by atoms with Crippen LogP contribution in [-0.2, 0) is 6.42 Å². The van der Waals surface area contributed by atoms with E-state index in [0.717, 1.165) is 30.6 Å². The number of nitrogens with one attached hydrogen (secondary N) is 1. The van der Waals surface area contributed by atoms with E-state index in [1.54, 1.807) is 6.07 Å². The van der Waals surface area contributed by atoms with Gasteiger partial charge in [-0.2, -0.15) is 0 Å². The van der Waals surface area contributed by atoms with Crippen LogP contribution in [0.5, 0.6) is 5.75 Å². The van der Waals surface area contributed by atoms with E-state index < -0.39 is 0 Å². The Kier molecular flexibility index (Phi) is 2.95. The van der Waals surface area contributed by atoms with Gasteiger partial charge in [-0.3, -0.25) is 0 Å². The number of anilines is 2. The molecule has 2 aliphatic rings. The summed E-state index contributed by atoms with van der Waals surface area (Å²) < 4.78 is 0. The molecule has 0 saturated heterocycles. The lowest BCUT2D eigenvalue weighted by atomic mass is 10.0. The average Bonchev–Trinajstić information content (AvgIpc) is 2.84. The quantitative estimate of drug-likeness (QED) is 0.807. The first kappa shape index (κ1) is 13.1. The zero-order chi connectivity index (χ0) is 14.6. The minimum absolute atomic E-state index is 0.101. The Balaban J connectivity index is 1.82. The molecule has 2 aromatic rings. The third kappa shape index (κ3) is 1.95. The molecule has 0 aromatic heterocycles. The Bertz CT molecular complexity index is 732. The summed E-state index contributed by atoms with van der Waals surface area (Å²) in [6, 6.07) is 9.57. The van der Waals surface area contributed by atoms with Gasteiger partial charge in [0.05, 0.1) is 21.4 Å². The summed E-state index contributed by atoms with van der Waals surface area (Å²) in [6.45, 7) is 0.960. The number of phenols is 1. The third-order valence-corrected chi connectivity index (χ3v) is 4.94. The molecular formula is C16H14Cl2N2O. The van der Waals surface area contributed by atoms with Crippen molar-refractivity contribution in [2.45, 2.75) is 19.0 Å². The molecule has 3 nitrogen and oxygen atoms in total. The Morgan fingerprint density at radius 1 is 1.19 bits per heavy atom. The van der Waals surface area contributed by atoms with Crippen LogP contribution in [0.2, 0.25) is 10.0 Å². The molecule has 5 heteroatoms. The van der Waals surface area contributed by atoms with Crippen LogP contribution in [0.1, 0.15) is 23.7 Å². The van der Waals surface area contributed by atoms with E-state index in [2.05, 4.69) is 28.4 Å². The molecule has 0 amide bonds. The van der Waals surface area contributed by atoms with Crippen LogP contribution in [0.25, 0.3) is 0 Å². The number of halogens is 2. The van der Waals surface area contributed by atoms with Gasteiger partial charge in [0.2, 0.25) is 0 Å². The van der Waals surface area contributed by atoms with E-state index in [4.69, 9.17) is 23.2 Å². The van der Waals surface area contributed by atoms with Gasteiger partial charge in [-0.25, -0.2) is 0 Å². The lowest BCUT2D eigenvalue weighted by Crippen LogP contribution is -2.32. The third-order valence-electron chi connectivity index (χ3n) is 4.22. The van der Waals surface area contributed by atoms with Crippen molar-refractivity contribution in [2.75, 3.05) is 16.8 Å². The summed E-state index contributed by atoms with van der Waals surface area (Å²) in [5.74, 6) is 0.168. The molecule has 0 saturated carbocycles. The number of rotatable bonds is 1. The van der Waals surface area contributed by atoms with Crippen LogP contribution in [-0.4, -0.2) is 11.7 Å². The molecule has 4 rings (SSSR count). The van der Waals surface area contributed by atoms with Gasteiger partial charge in [-0.05, 0) is 30.5 Å². The molecule has 0 aliphatic carbocycles. The number of hydrogen-bond donors (Lipinski definition) is 2. The molecule has 0 spiro atoms. The Labute approximate surface area is 133 Å². The maximum Gasteiger partial charge on any atom is 0.129 e. The van der Waals surface area contributed by atoms with Crippen LogP contribution in [0.15, 0.2) is 30.3 Å². The summed E-state index contributed by atoms with van der Waals surface area (Å²) in [4.78, 5) is 2.30. The molecule has 2 heterocycles. The van der Waals surface area contributed by atoms with Gasteiger partial charge in [0, 0.05) is 18.2 Å². The Morgan fingerprint density at radius 3 is 2.86 bits per heavy atom. The van der Waals surface area contributed by atoms with Gasteiger partial charge in [-0.15, -0.1) is 0 Å². The van der Waals surface area contributed by atoms with Crippen LogP contribution in [0, 0.1) is 0 Å². The lowest BCUT2D eigenvalue weighted by molar-refractivity contribution is 0.462. The molecule has 2 aliphatic heterocycles. The smallest absolute Gasteiger partial charge is 0.129 e. The fourth-order valence-electron chi connectivity index (χ4n) is 3.30. The molecule has 1 unspecified atom stereocenters. The summed E-state index contributed by atoms with van der Waals surface area (Å²) in [7, 11) is 0. The highest BCUT2D eigenvalue weighted by molar-refractivity contribution is 6.42. The molecule has 0 radical (unpaired) electrons. The van der Waals surface area contributed by atoms with Crippen LogP contribution >= 0.6 is 23.2 Å². The van der Waals surface area contributed by atoms with E-state index in [1.807, 2.05) is 0 Å². The fraction of sp³-hybridized carbons (Fsp3) is 0.250. The fourth-order valence-corrected chi connectivity index (χ4v) is 3.63. The van der Waals surface area contributed by atoms with E-state index in [1.165, 1.54) is 17.3 Å². The van der Waals surface area contributed by atoms with Gasteiger partial charge >= 0.3 is 0 Å². The number of aromatic hydroxyl groups is 1. The van der Waals surface area contributed by atoms with Crippen molar-refractivity contribution < 1.29 is 5.11 Å². The van der Waals surface area contributed by atoms with Gasteiger partial charge in [0.15, 0.2) is 0 Å². The van der Waals surface area contributed by atoms with E-state index >= 15 is 0 Å². The predicted molar refractivity (Wildman–Crippen MR) is 86.6 cm³/mol. The van der Waals surface area contributed by atoms with E-state index in [-0.39, 0.29) is 11.9 Å². The van der Waals surface area contributed by atoms with Crippen molar-refractivity contribution in [1.82, 2.24) is 0 Å². The average molecular weight is 321 g/mol. The highest BCUT2D eigenvalue weighted by Crippen LogP contribution is 2.48. The summed E-state index contributed by atoms with van der Waals surface area (Å²) in [6.07, 6.45) is 2.11. The van der Waals surface area contributed by atoms with Gasteiger partial charge in [0.25, 0.3) is 0 Å². The Hall–Kier alpha value is -1.58. The number of hydrogen-bond acceptors (Lipinski definition) is 3. The minimum Gasteiger partial charge on any atom is -0.507 e. The van der Waals surface area contributed by atoms with E-state index in [0.29, 0.717) is 10.0 Å². The largest absolute Gasteiger partial charge is 0.507 e. The van der Waals surface area contributed by atoms with E-state index in [9.17, 15) is 5.11 Å². The van der Waals surface area contributed by atoms with Gasteiger partial charge in [-0.1, -0.05) is 35.3 Å². The number of benzene rings is 2. The summed E-state index contributed by atoms with van der Waals surface area (Å²) in [5, 5.41) is 14.6. The lowest BCUT2D eigenvalue weighted by Gasteiger charge is -2.32. The molecule has 21 heavy (non-hydrogen) atoms. The van der Waals surface area contributed by atoms with Crippen LogP contribution in [0.3, 0.4) is 0 Å². The molecule has 2 aromatic carbocycles. The highest BCUT2D eigenvalue weighted by atomic mass is 35.5. The van der Waals surface area contributed by atoms with Crippen molar-refractivity contribution in [3.05, 3.63) is 51.5 Å². The topological polar surface area (TPSA) is 35.5 Å². The van der Waals surface area contributed by atoms with Gasteiger partial charge < -0.3 is 15.3 Å². The minimum atomic E-state index is -0.101. The first-order chi connectivity index (χ1) is 10.1. The zero-order valence-electron chi connectivity index (χ0n) is 11.2.